The smallest absolute Gasteiger partial charge is 0.147 e. The van der Waals surface area contributed by atoms with Crippen LogP contribution >= 0.6 is 22.9 Å². The summed E-state index contributed by atoms with van der Waals surface area (Å²) < 4.78 is 4.21. The van der Waals surface area contributed by atoms with Crippen LogP contribution in [0, 0.1) is 0 Å². The predicted molar refractivity (Wildman–Crippen MR) is 79.2 cm³/mol. The van der Waals surface area contributed by atoms with Crippen molar-refractivity contribution in [2.75, 3.05) is 11.1 Å². The molecule has 0 aliphatic rings. The summed E-state index contributed by atoms with van der Waals surface area (Å²) in [7, 11) is 0. The van der Waals surface area contributed by atoms with Gasteiger partial charge in [-0.15, -0.1) is 11.3 Å². The Bertz CT molecular complexity index is 648. The lowest BCUT2D eigenvalue weighted by atomic mass is 10.1. The van der Waals surface area contributed by atoms with Crippen LogP contribution in [0.4, 0.5) is 10.8 Å². The van der Waals surface area contributed by atoms with E-state index in [1.165, 1.54) is 11.5 Å². The number of pyridine rings is 1. The Balaban J connectivity index is 1.87. The van der Waals surface area contributed by atoms with E-state index in [0.29, 0.717) is 12.4 Å². The minimum absolute atomic E-state index is 0.527. The number of thiazole rings is 1. The van der Waals surface area contributed by atoms with E-state index < -0.39 is 0 Å². The fraction of sp³-hybridized carbons (Fsp3) is 0.0833. The molecule has 0 atom stereocenters. The number of anilines is 2. The summed E-state index contributed by atoms with van der Waals surface area (Å²) in [6.07, 6.45) is 5.32. The van der Waals surface area contributed by atoms with E-state index in [2.05, 4.69) is 19.7 Å². The maximum atomic E-state index is 5.94. The lowest BCUT2D eigenvalue weighted by Gasteiger charge is -2.05. The van der Waals surface area contributed by atoms with Crippen LogP contribution in [0.25, 0.3) is 11.1 Å². The number of rotatable bonds is 4. The molecule has 0 fully saturated rings. The molecule has 19 heavy (non-hydrogen) atoms. The highest BCUT2D eigenvalue weighted by Gasteiger charge is 2.13. The fourth-order valence-corrected chi connectivity index (χ4v) is 3.00. The van der Waals surface area contributed by atoms with Gasteiger partial charge >= 0.3 is 0 Å². The molecule has 3 rings (SSSR count). The third-order valence-electron chi connectivity index (χ3n) is 2.55. The van der Waals surface area contributed by atoms with Gasteiger partial charge in [-0.1, -0.05) is 6.07 Å². The van der Waals surface area contributed by atoms with E-state index in [4.69, 9.17) is 5.73 Å². The molecule has 0 saturated heterocycles. The van der Waals surface area contributed by atoms with Crippen LogP contribution in [0.5, 0.6) is 0 Å². The molecule has 0 unspecified atom stereocenters. The molecule has 0 aromatic carbocycles. The minimum atomic E-state index is 0.527. The number of nitrogens with zero attached hydrogens (tertiary/aromatic N) is 3. The molecule has 0 saturated carbocycles. The largest absolute Gasteiger partial charge is 0.382 e. The topological polar surface area (TPSA) is 76.7 Å². The van der Waals surface area contributed by atoms with Gasteiger partial charge in [0.2, 0.25) is 0 Å². The standard InChI is InChI=1S/C12H11N5S2/c13-11-10(8-2-1-3-14-6-8)12(19-17-11)16-7-9-15-4-5-18-9/h1-6,16H,7H2,(H2,13,17). The van der Waals surface area contributed by atoms with E-state index in [1.807, 2.05) is 17.5 Å². The highest BCUT2D eigenvalue weighted by atomic mass is 32.1. The van der Waals surface area contributed by atoms with E-state index >= 15 is 0 Å². The predicted octanol–water partition coefficient (Wildman–Crippen LogP) is 2.86. The summed E-state index contributed by atoms with van der Waals surface area (Å²) in [5.41, 5.74) is 7.82. The monoisotopic (exact) mass is 289 g/mol. The van der Waals surface area contributed by atoms with Gasteiger partial charge in [0.15, 0.2) is 0 Å². The Morgan fingerprint density at radius 2 is 2.26 bits per heavy atom. The molecule has 0 spiro atoms. The molecule has 0 aliphatic carbocycles. The summed E-state index contributed by atoms with van der Waals surface area (Å²) in [4.78, 5) is 8.35. The lowest BCUT2D eigenvalue weighted by molar-refractivity contribution is 1.11. The van der Waals surface area contributed by atoms with Gasteiger partial charge in [0, 0.05) is 29.5 Å². The first-order valence-corrected chi connectivity index (χ1v) is 7.27. The Morgan fingerprint density at radius 3 is 3.00 bits per heavy atom. The molecule has 3 aromatic rings. The van der Waals surface area contributed by atoms with Gasteiger partial charge in [-0.05, 0) is 17.6 Å². The van der Waals surface area contributed by atoms with Gasteiger partial charge < -0.3 is 11.1 Å². The Labute approximate surface area is 118 Å². The van der Waals surface area contributed by atoms with Gasteiger partial charge in [-0.2, -0.15) is 4.37 Å². The first-order chi connectivity index (χ1) is 9.34. The van der Waals surface area contributed by atoms with Crippen molar-refractivity contribution in [1.29, 1.82) is 0 Å². The van der Waals surface area contributed by atoms with Gasteiger partial charge in [-0.25, -0.2) is 4.98 Å². The highest BCUT2D eigenvalue weighted by Crippen LogP contribution is 2.36. The van der Waals surface area contributed by atoms with Crippen molar-refractivity contribution in [3.05, 3.63) is 41.1 Å². The first kappa shape index (κ1) is 12.1. The molecule has 3 aromatic heterocycles. The molecular formula is C12H11N5S2. The molecule has 0 bridgehead atoms. The number of aromatic nitrogens is 3. The lowest BCUT2D eigenvalue weighted by Crippen LogP contribution is -1.99. The number of nitrogens with two attached hydrogens (primary N) is 1. The van der Waals surface area contributed by atoms with Crippen molar-refractivity contribution in [2.24, 2.45) is 0 Å². The zero-order chi connectivity index (χ0) is 13.1. The second-order valence-electron chi connectivity index (χ2n) is 3.79. The molecule has 3 heterocycles. The number of nitrogens with one attached hydrogen (secondary N) is 1. The van der Waals surface area contributed by atoms with Crippen molar-refractivity contribution >= 4 is 33.7 Å². The molecule has 96 valence electrons. The third kappa shape index (κ3) is 2.56. The van der Waals surface area contributed by atoms with Gasteiger partial charge in [0.25, 0.3) is 0 Å². The van der Waals surface area contributed by atoms with Crippen molar-refractivity contribution in [3.63, 3.8) is 0 Å². The molecule has 3 N–H and O–H groups in total. The minimum Gasteiger partial charge on any atom is -0.382 e. The number of nitrogen functional groups attached to an aromatic ring is 1. The summed E-state index contributed by atoms with van der Waals surface area (Å²) in [5.74, 6) is 0.527. The molecule has 0 radical (unpaired) electrons. The summed E-state index contributed by atoms with van der Waals surface area (Å²) >= 11 is 2.97. The maximum Gasteiger partial charge on any atom is 0.147 e. The van der Waals surface area contributed by atoms with Gasteiger partial charge in [0.1, 0.15) is 15.8 Å². The second kappa shape index (κ2) is 5.33. The zero-order valence-electron chi connectivity index (χ0n) is 9.91. The van der Waals surface area contributed by atoms with E-state index in [1.54, 1.807) is 29.9 Å². The highest BCUT2D eigenvalue weighted by molar-refractivity contribution is 7.11. The second-order valence-corrected chi connectivity index (χ2v) is 5.55. The summed E-state index contributed by atoms with van der Waals surface area (Å²) in [6, 6.07) is 3.86. The van der Waals surface area contributed by atoms with E-state index in [0.717, 1.165) is 21.1 Å². The average molecular weight is 289 g/mol. The van der Waals surface area contributed by atoms with Crippen LogP contribution < -0.4 is 11.1 Å². The Kier molecular flexibility index (Phi) is 3.39. The van der Waals surface area contributed by atoms with Crippen molar-refractivity contribution in [3.8, 4) is 11.1 Å². The maximum absolute atomic E-state index is 5.94. The summed E-state index contributed by atoms with van der Waals surface area (Å²) in [6.45, 7) is 0.673. The number of hydrogen-bond donors (Lipinski definition) is 2. The van der Waals surface area contributed by atoms with Crippen LogP contribution in [0.2, 0.25) is 0 Å². The van der Waals surface area contributed by atoms with Crippen LogP contribution in [0.1, 0.15) is 5.01 Å². The van der Waals surface area contributed by atoms with Crippen LogP contribution in [0.3, 0.4) is 0 Å². The molecule has 5 nitrogen and oxygen atoms in total. The first-order valence-electron chi connectivity index (χ1n) is 5.62. The molecule has 0 amide bonds. The Morgan fingerprint density at radius 1 is 1.32 bits per heavy atom. The van der Waals surface area contributed by atoms with E-state index in [-0.39, 0.29) is 0 Å². The van der Waals surface area contributed by atoms with Crippen LogP contribution in [-0.2, 0) is 6.54 Å². The third-order valence-corrected chi connectivity index (χ3v) is 4.15. The van der Waals surface area contributed by atoms with Crippen LogP contribution in [-0.4, -0.2) is 14.3 Å². The van der Waals surface area contributed by atoms with Crippen molar-refractivity contribution < 1.29 is 0 Å². The van der Waals surface area contributed by atoms with Crippen LogP contribution in [0.15, 0.2) is 36.1 Å². The quantitative estimate of drug-likeness (QED) is 0.772. The summed E-state index contributed by atoms with van der Waals surface area (Å²) in [5, 5.41) is 7.27. The number of hydrogen-bond acceptors (Lipinski definition) is 7. The molecule has 0 aliphatic heterocycles. The molecule has 7 heteroatoms. The normalized spacial score (nSPS) is 10.5. The van der Waals surface area contributed by atoms with E-state index in [9.17, 15) is 0 Å². The molecular weight excluding hydrogens is 278 g/mol. The average Bonchev–Trinajstić information content (AvgIpc) is 3.07. The fourth-order valence-electron chi connectivity index (χ4n) is 1.71. The van der Waals surface area contributed by atoms with Crippen molar-refractivity contribution in [2.45, 2.75) is 6.54 Å². The van der Waals surface area contributed by atoms with Crippen molar-refractivity contribution in [1.82, 2.24) is 14.3 Å². The Hall–Kier alpha value is -1.99. The zero-order valence-corrected chi connectivity index (χ0v) is 11.5. The van der Waals surface area contributed by atoms with Gasteiger partial charge in [-0.3, -0.25) is 4.98 Å². The SMILES string of the molecule is Nc1nsc(NCc2nccs2)c1-c1cccnc1. The van der Waals surface area contributed by atoms with Gasteiger partial charge in [0.05, 0.1) is 12.1 Å².